The van der Waals surface area contributed by atoms with Crippen LogP contribution in [0.3, 0.4) is 0 Å². The first-order chi connectivity index (χ1) is 8.08. The van der Waals surface area contributed by atoms with Crippen molar-refractivity contribution in [3.8, 4) is 11.4 Å². The summed E-state index contributed by atoms with van der Waals surface area (Å²) in [6.45, 7) is 5.21. The van der Waals surface area contributed by atoms with Gasteiger partial charge < -0.3 is 10.3 Å². The molecule has 0 saturated heterocycles. The van der Waals surface area contributed by atoms with E-state index < -0.39 is 0 Å². The van der Waals surface area contributed by atoms with E-state index in [1.807, 2.05) is 22.8 Å². The summed E-state index contributed by atoms with van der Waals surface area (Å²) in [5.74, 6) is 1.37. The number of hydrogen-bond donors (Lipinski definition) is 1. The number of nitrogen functional groups attached to an aromatic ring is 1. The first kappa shape index (κ1) is 12.1. The molecule has 0 amide bonds. The van der Waals surface area contributed by atoms with E-state index in [1.54, 1.807) is 6.33 Å². The van der Waals surface area contributed by atoms with E-state index in [1.165, 1.54) is 0 Å². The minimum atomic E-state index is 0.543. The monoisotopic (exact) mass is 294 g/mol. The molecule has 0 fully saturated rings. The van der Waals surface area contributed by atoms with Crippen LogP contribution >= 0.6 is 15.9 Å². The molecule has 0 unspecified atom stereocenters. The summed E-state index contributed by atoms with van der Waals surface area (Å²) in [6.07, 6.45) is 1.75. The summed E-state index contributed by atoms with van der Waals surface area (Å²) < 4.78 is 3.00. The maximum Gasteiger partial charge on any atom is 0.165 e. The second-order valence-electron chi connectivity index (χ2n) is 4.43. The molecule has 4 nitrogen and oxygen atoms in total. The Balaban J connectivity index is 2.42. The van der Waals surface area contributed by atoms with E-state index >= 15 is 0 Å². The second-order valence-corrected chi connectivity index (χ2v) is 5.35. The molecule has 0 aliphatic rings. The molecule has 0 aliphatic carbocycles. The molecule has 1 aromatic heterocycles. The molecule has 2 rings (SSSR count). The summed E-state index contributed by atoms with van der Waals surface area (Å²) in [4.78, 5) is 0. The van der Waals surface area contributed by atoms with Crippen LogP contribution in [0.2, 0.25) is 0 Å². The van der Waals surface area contributed by atoms with E-state index in [-0.39, 0.29) is 0 Å². The average molecular weight is 295 g/mol. The van der Waals surface area contributed by atoms with Crippen LogP contribution in [0.5, 0.6) is 0 Å². The molecule has 5 heteroatoms. The van der Waals surface area contributed by atoms with Crippen LogP contribution in [0.1, 0.15) is 13.8 Å². The first-order valence-electron chi connectivity index (χ1n) is 5.51. The topological polar surface area (TPSA) is 56.7 Å². The summed E-state index contributed by atoms with van der Waals surface area (Å²) in [5.41, 5.74) is 7.63. The highest BCUT2D eigenvalue weighted by atomic mass is 79.9. The molecule has 90 valence electrons. The fourth-order valence-corrected chi connectivity index (χ4v) is 2.11. The van der Waals surface area contributed by atoms with Gasteiger partial charge in [0.05, 0.1) is 0 Å². The van der Waals surface area contributed by atoms with Crippen LogP contribution in [-0.2, 0) is 6.54 Å². The predicted octanol–water partition coefficient (Wildman–Crippen LogP) is 2.95. The third kappa shape index (κ3) is 2.66. The maximum absolute atomic E-state index is 6.00. The number of aromatic nitrogens is 3. The molecule has 0 radical (unpaired) electrons. The van der Waals surface area contributed by atoms with Crippen LogP contribution in [0.15, 0.2) is 29.0 Å². The van der Waals surface area contributed by atoms with Gasteiger partial charge in [0, 0.05) is 22.3 Å². The quantitative estimate of drug-likeness (QED) is 0.886. The Morgan fingerprint density at radius 1 is 1.41 bits per heavy atom. The zero-order valence-electron chi connectivity index (χ0n) is 9.89. The van der Waals surface area contributed by atoms with Crippen molar-refractivity contribution < 1.29 is 0 Å². The molecule has 0 atom stereocenters. The molecule has 0 saturated carbocycles. The van der Waals surface area contributed by atoms with Crippen LogP contribution in [0, 0.1) is 5.92 Å². The summed E-state index contributed by atoms with van der Waals surface area (Å²) in [6, 6.07) is 5.80. The lowest BCUT2D eigenvalue weighted by atomic mass is 10.1. The fourth-order valence-electron chi connectivity index (χ4n) is 1.73. The lowest BCUT2D eigenvalue weighted by Crippen LogP contribution is -2.06. The number of hydrogen-bond acceptors (Lipinski definition) is 3. The molecule has 0 aliphatic heterocycles. The summed E-state index contributed by atoms with van der Waals surface area (Å²) in [5, 5.41) is 8.11. The van der Waals surface area contributed by atoms with Gasteiger partial charge in [0.15, 0.2) is 5.82 Å². The predicted molar refractivity (Wildman–Crippen MR) is 72.4 cm³/mol. The molecule has 1 heterocycles. The van der Waals surface area contributed by atoms with Gasteiger partial charge >= 0.3 is 0 Å². The van der Waals surface area contributed by atoms with E-state index in [9.17, 15) is 0 Å². The van der Waals surface area contributed by atoms with Gasteiger partial charge in [-0.2, -0.15) is 0 Å². The molecule has 0 spiro atoms. The molecular weight excluding hydrogens is 280 g/mol. The number of benzene rings is 1. The Hall–Kier alpha value is -1.36. The van der Waals surface area contributed by atoms with E-state index in [4.69, 9.17) is 5.73 Å². The molecule has 2 N–H and O–H groups in total. The maximum atomic E-state index is 6.00. The third-order valence-electron chi connectivity index (χ3n) is 2.43. The Morgan fingerprint density at radius 3 is 2.82 bits per heavy atom. The van der Waals surface area contributed by atoms with Crippen LogP contribution in [0.25, 0.3) is 11.4 Å². The highest BCUT2D eigenvalue weighted by Crippen LogP contribution is 2.27. The highest BCUT2D eigenvalue weighted by molar-refractivity contribution is 9.10. The van der Waals surface area contributed by atoms with Gasteiger partial charge in [0.1, 0.15) is 6.33 Å². The van der Waals surface area contributed by atoms with Crippen molar-refractivity contribution >= 4 is 21.6 Å². The fraction of sp³-hybridized carbons (Fsp3) is 0.333. The van der Waals surface area contributed by atoms with Gasteiger partial charge in [0.25, 0.3) is 0 Å². The number of nitrogens with two attached hydrogens (primary N) is 1. The van der Waals surface area contributed by atoms with E-state index in [0.717, 1.165) is 22.4 Å². The molecule has 1 aromatic carbocycles. The lowest BCUT2D eigenvalue weighted by molar-refractivity contribution is 0.525. The number of nitrogens with zero attached hydrogens (tertiary/aromatic N) is 3. The zero-order valence-corrected chi connectivity index (χ0v) is 11.5. The molecule has 17 heavy (non-hydrogen) atoms. The smallest absolute Gasteiger partial charge is 0.165 e. The number of rotatable bonds is 3. The number of anilines is 1. The lowest BCUT2D eigenvalue weighted by Gasteiger charge is -2.10. The molecule has 0 bridgehead atoms. The minimum Gasteiger partial charge on any atom is -0.398 e. The van der Waals surface area contributed by atoms with Crippen LogP contribution < -0.4 is 5.73 Å². The Morgan fingerprint density at radius 2 is 2.18 bits per heavy atom. The van der Waals surface area contributed by atoms with Crippen molar-refractivity contribution in [2.45, 2.75) is 20.4 Å². The largest absolute Gasteiger partial charge is 0.398 e. The van der Waals surface area contributed by atoms with Gasteiger partial charge in [0.2, 0.25) is 0 Å². The van der Waals surface area contributed by atoms with Gasteiger partial charge in [-0.1, -0.05) is 29.8 Å². The zero-order chi connectivity index (χ0) is 12.4. The molecule has 2 aromatic rings. The van der Waals surface area contributed by atoms with Crippen molar-refractivity contribution in [2.75, 3.05) is 5.73 Å². The normalized spacial score (nSPS) is 11.1. The van der Waals surface area contributed by atoms with Crippen LogP contribution in [0.4, 0.5) is 5.69 Å². The van der Waals surface area contributed by atoms with Gasteiger partial charge in [-0.15, -0.1) is 10.2 Å². The minimum absolute atomic E-state index is 0.543. The highest BCUT2D eigenvalue weighted by Gasteiger charge is 2.11. The molecular formula is C12H15BrN4. The standard InChI is InChI=1S/C12H15BrN4/c1-8(2)6-17-7-15-16-12(17)10-4-3-9(13)5-11(10)14/h3-5,7-8H,6,14H2,1-2H3. The average Bonchev–Trinajstić information content (AvgIpc) is 2.65. The summed E-state index contributed by atoms with van der Waals surface area (Å²) in [7, 11) is 0. The van der Waals surface area contributed by atoms with Gasteiger partial charge in [-0.3, -0.25) is 0 Å². The Labute approximate surface area is 109 Å². The van der Waals surface area contributed by atoms with Crippen LogP contribution in [-0.4, -0.2) is 14.8 Å². The van der Waals surface area contributed by atoms with Gasteiger partial charge in [-0.05, 0) is 24.1 Å². The summed E-state index contributed by atoms with van der Waals surface area (Å²) >= 11 is 3.40. The third-order valence-corrected chi connectivity index (χ3v) is 2.93. The van der Waals surface area contributed by atoms with Crippen molar-refractivity contribution in [3.05, 3.63) is 29.0 Å². The van der Waals surface area contributed by atoms with E-state index in [2.05, 4.69) is 40.0 Å². The van der Waals surface area contributed by atoms with Crippen molar-refractivity contribution in [2.24, 2.45) is 5.92 Å². The first-order valence-corrected chi connectivity index (χ1v) is 6.30. The van der Waals surface area contributed by atoms with Gasteiger partial charge in [-0.25, -0.2) is 0 Å². The van der Waals surface area contributed by atoms with Crippen molar-refractivity contribution in [1.82, 2.24) is 14.8 Å². The van der Waals surface area contributed by atoms with Crippen molar-refractivity contribution in [1.29, 1.82) is 0 Å². The van der Waals surface area contributed by atoms with Crippen molar-refractivity contribution in [3.63, 3.8) is 0 Å². The van der Waals surface area contributed by atoms with E-state index in [0.29, 0.717) is 11.6 Å². The number of halogens is 1. The Bertz CT molecular complexity index is 519. The Kier molecular flexibility index (Phi) is 3.47. The second kappa shape index (κ2) is 4.87. The SMILES string of the molecule is CC(C)Cn1cnnc1-c1ccc(Br)cc1N.